The number of amides is 1. The summed E-state index contributed by atoms with van der Waals surface area (Å²) in [5.41, 5.74) is 3.19. The molecule has 2 aromatic rings. The Morgan fingerprint density at radius 1 is 1.11 bits per heavy atom. The van der Waals surface area contributed by atoms with Crippen molar-refractivity contribution in [3.05, 3.63) is 58.6 Å². The van der Waals surface area contributed by atoms with Crippen LogP contribution in [0.15, 0.2) is 42.5 Å². The van der Waals surface area contributed by atoms with E-state index in [9.17, 15) is 13.2 Å². The predicted octanol–water partition coefficient (Wildman–Crippen LogP) is 4.58. The highest BCUT2D eigenvalue weighted by Gasteiger charge is 2.26. The molecule has 0 unspecified atom stereocenters. The summed E-state index contributed by atoms with van der Waals surface area (Å²) in [5, 5.41) is 12.8. The number of halogens is 1. The number of nitriles is 1. The molecule has 0 spiro atoms. The molecule has 1 saturated carbocycles. The van der Waals surface area contributed by atoms with Crippen molar-refractivity contribution in [3.8, 4) is 6.07 Å². The highest BCUT2D eigenvalue weighted by molar-refractivity contribution is 7.85. The van der Waals surface area contributed by atoms with E-state index in [1.54, 1.807) is 6.07 Å². The number of hydrogen-bond acceptors (Lipinski definition) is 7. The summed E-state index contributed by atoms with van der Waals surface area (Å²) in [7, 11) is -1.35. The summed E-state index contributed by atoms with van der Waals surface area (Å²) in [4.78, 5) is 17.4. The fourth-order valence-electron chi connectivity index (χ4n) is 5.30. The molecule has 0 aromatic heterocycles. The predicted molar refractivity (Wildman–Crippen MR) is 150 cm³/mol. The zero-order chi connectivity index (χ0) is 27.3. The summed E-state index contributed by atoms with van der Waals surface area (Å²) in [5.74, 6) is 0.187. The van der Waals surface area contributed by atoms with Gasteiger partial charge in [-0.2, -0.15) is 13.7 Å². The van der Waals surface area contributed by atoms with Crippen LogP contribution in [0.1, 0.15) is 54.4 Å². The maximum Gasteiger partial charge on any atom is 0.264 e. The average molecular weight is 559 g/mol. The first-order chi connectivity index (χ1) is 18.1. The van der Waals surface area contributed by atoms with Crippen molar-refractivity contribution in [3.63, 3.8) is 0 Å². The van der Waals surface area contributed by atoms with E-state index in [0.717, 1.165) is 69.2 Å². The Kier molecular flexibility index (Phi) is 9.19. The van der Waals surface area contributed by atoms with Gasteiger partial charge in [0.25, 0.3) is 16.0 Å². The summed E-state index contributed by atoms with van der Waals surface area (Å²) in [6.07, 6.45) is 6.55. The first kappa shape index (κ1) is 28.2. The van der Waals surface area contributed by atoms with Crippen molar-refractivity contribution in [2.24, 2.45) is 5.92 Å². The molecule has 1 saturated heterocycles. The number of nitrogens with one attached hydrogen (secondary N) is 1. The van der Waals surface area contributed by atoms with Crippen LogP contribution in [0.4, 0.5) is 11.4 Å². The fourth-order valence-corrected chi connectivity index (χ4v) is 5.96. The van der Waals surface area contributed by atoms with E-state index in [1.165, 1.54) is 0 Å². The summed E-state index contributed by atoms with van der Waals surface area (Å²) in [6, 6.07) is 15.8. The zero-order valence-corrected chi connectivity index (χ0v) is 23.5. The number of carbonyl (C=O) groups excluding carboxylic acids is 1. The van der Waals surface area contributed by atoms with Crippen molar-refractivity contribution in [2.75, 3.05) is 42.8 Å². The normalized spacial score (nSPS) is 20.5. The lowest BCUT2D eigenvalue weighted by molar-refractivity contribution is 0.0925. The monoisotopic (exact) mass is 558 g/mol. The van der Waals surface area contributed by atoms with Gasteiger partial charge in [-0.15, -0.1) is 0 Å². The fraction of sp³-hybridized carbons (Fsp3) is 0.500. The Bertz CT molecular complexity index is 1260. The van der Waals surface area contributed by atoms with Crippen LogP contribution < -0.4 is 15.1 Å². The molecule has 1 N–H and O–H groups in total. The van der Waals surface area contributed by atoms with E-state index < -0.39 is 10.1 Å². The smallest absolute Gasteiger partial charge is 0.264 e. The second-order valence-electron chi connectivity index (χ2n) is 10.3. The highest BCUT2D eigenvalue weighted by atomic mass is 35.5. The summed E-state index contributed by atoms with van der Waals surface area (Å²) >= 11 is 6.21. The second kappa shape index (κ2) is 12.4. The topological polar surface area (TPSA) is 103 Å². The first-order valence-electron chi connectivity index (χ1n) is 13.1. The minimum atomic E-state index is -3.40. The lowest BCUT2D eigenvalue weighted by atomic mass is 9.90. The maximum absolute atomic E-state index is 12.9. The molecule has 1 amide bonds. The van der Waals surface area contributed by atoms with Crippen LogP contribution in [0.2, 0.25) is 5.02 Å². The molecule has 2 aliphatic rings. The molecule has 1 heterocycles. The van der Waals surface area contributed by atoms with E-state index >= 15 is 0 Å². The maximum atomic E-state index is 12.9. The molecule has 0 atom stereocenters. The Labute approximate surface area is 230 Å². The van der Waals surface area contributed by atoms with Crippen LogP contribution in [0.5, 0.6) is 0 Å². The van der Waals surface area contributed by atoms with Gasteiger partial charge in [0.1, 0.15) is 6.07 Å². The Balaban J connectivity index is 1.23. The van der Waals surface area contributed by atoms with Gasteiger partial charge >= 0.3 is 0 Å². The average Bonchev–Trinajstić information content (AvgIpc) is 2.92. The number of piperidine rings is 1. The molecule has 0 bridgehead atoms. The van der Waals surface area contributed by atoms with Crippen LogP contribution in [-0.4, -0.2) is 59.4 Å². The Morgan fingerprint density at radius 2 is 1.76 bits per heavy atom. The molecular formula is C28H35ClN4O4S. The van der Waals surface area contributed by atoms with Gasteiger partial charge in [0.05, 0.1) is 23.4 Å². The van der Waals surface area contributed by atoms with Gasteiger partial charge in [-0.1, -0.05) is 11.6 Å². The molecule has 204 valence electrons. The third kappa shape index (κ3) is 7.40. The number of anilines is 2. The van der Waals surface area contributed by atoms with Crippen LogP contribution in [-0.2, 0) is 14.3 Å². The van der Waals surface area contributed by atoms with Gasteiger partial charge in [-0.25, -0.2) is 0 Å². The van der Waals surface area contributed by atoms with E-state index in [-0.39, 0.29) is 24.5 Å². The van der Waals surface area contributed by atoms with E-state index in [0.29, 0.717) is 22.2 Å². The molecular weight excluding hydrogens is 524 g/mol. The van der Waals surface area contributed by atoms with Crippen LogP contribution >= 0.6 is 11.6 Å². The molecule has 38 heavy (non-hydrogen) atoms. The summed E-state index contributed by atoms with van der Waals surface area (Å²) < 4.78 is 27.4. The lowest BCUT2D eigenvalue weighted by Crippen LogP contribution is -2.43. The standard InChI is InChI=1S/C28H35ClN4O4S/c1-32(26-10-5-22(18-30)27(29)17-26)24-11-6-23(7-12-24)31-28(34)21-3-8-25(9-4-21)33-15-13-20(14-16-33)19-37-38(2,35)36/h3-5,8-10,17,20,23-24H,6-7,11-16,19H2,1-2H3,(H,31,34)/t23-,24-. The highest BCUT2D eigenvalue weighted by Crippen LogP contribution is 2.30. The minimum absolute atomic E-state index is 0.0520. The molecule has 1 aliphatic heterocycles. The number of carbonyl (C=O) groups is 1. The van der Waals surface area contributed by atoms with Gasteiger partial charge in [0.2, 0.25) is 0 Å². The van der Waals surface area contributed by atoms with Crippen LogP contribution in [0.25, 0.3) is 0 Å². The number of benzene rings is 2. The molecule has 0 radical (unpaired) electrons. The van der Waals surface area contributed by atoms with Crippen LogP contribution in [0, 0.1) is 17.2 Å². The van der Waals surface area contributed by atoms with Gasteiger partial charge < -0.3 is 15.1 Å². The van der Waals surface area contributed by atoms with E-state index in [4.69, 9.17) is 21.0 Å². The minimum Gasteiger partial charge on any atom is -0.372 e. The number of hydrogen-bond donors (Lipinski definition) is 1. The van der Waals surface area contributed by atoms with Crippen molar-refractivity contribution in [1.82, 2.24) is 5.32 Å². The number of nitrogens with zero attached hydrogens (tertiary/aromatic N) is 3. The number of rotatable bonds is 8. The molecule has 2 fully saturated rings. The van der Waals surface area contributed by atoms with E-state index in [2.05, 4.69) is 28.2 Å². The first-order valence-corrected chi connectivity index (χ1v) is 15.2. The van der Waals surface area contributed by atoms with Crippen molar-refractivity contribution < 1.29 is 17.4 Å². The molecule has 1 aliphatic carbocycles. The third-order valence-electron chi connectivity index (χ3n) is 7.69. The SMILES string of the molecule is CN(c1ccc(C#N)c(Cl)c1)[C@H]1CC[C@H](NC(=O)c2ccc(N3CCC(COS(C)(=O)=O)CC3)cc2)CC1. The zero-order valence-electron chi connectivity index (χ0n) is 21.9. The van der Waals surface area contributed by atoms with Gasteiger partial charge in [0, 0.05) is 49.2 Å². The van der Waals surface area contributed by atoms with Gasteiger partial charge in [-0.05, 0) is 86.9 Å². The quantitative estimate of drug-likeness (QED) is 0.473. The van der Waals surface area contributed by atoms with Gasteiger partial charge in [-0.3, -0.25) is 8.98 Å². The Morgan fingerprint density at radius 3 is 2.34 bits per heavy atom. The molecule has 8 nitrogen and oxygen atoms in total. The third-order valence-corrected chi connectivity index (χ3v) is 8.56. The van der Waals surface area contributed by atoms with Crippen molar-refractivity contribution >= 4 is 39.0 Å². The van der Waals surface area contributed by atoms with Crippen molar-refractivity contribution in [1.29, 1.82) is 5.26 Å². The molecule has 4 rings (SSSR count). The molecule has 10 heteroatoms. The van der Waals surface area contributed by atoms with Crippen molar-refractivity contribution in [2.45, 2.75) is 50.6 Å². The second-order valence-corrected chi connectivity index (χ2v) is 12.4. The van der Waals surface area contributed by atoms with Crippen LogP contribution in [0.3, 0.4) is 0 Å². The Hall–Kier alpha value is -2.80. The largest absolute Gasteiger partial charge is 0.372 e. The lowest BCUT2D eigenvalue weighted by Gasteiger charge is -2.36. The summed E-state index contributed by atoms with van der Waals surface area (Å²) in [6.45, 7) is 1.90. The van der Waals surface area contributed by atoms with Gasteiger partial charge in [0.15, 0.2) is 0 Å². The van der Waals surface area contributed by atoms with E-state index in [1.807, 2.05) is 36.4 Å². The molecule has 2 aromatic carbocycles.